The van der Waals surface area contributed by atoms with E-state index >= 15 is 0 Å². The van der Waals surface area contributed by atoms with Crippen LogP contribution < -0.4 is 5.32 Å². The third-order valence-corrected chi connectivity index (χ3v) is 4.39. The van der Waals surface area contributed by atoms with E-state index in [1.807, 2.05) is 0 Å². The molecule has 2 nitrogen and oxygen atoms in total. The van der Waals surface area contributed by atoms with Crippen LogP contribution in [-0.2, 0) is 0 Å². The van der Waals surface area contributed by atoms with E-state index in [-0.39, 0.29) is 0 Å². The summed E-state index contributed by atoms with van der Waals surface area (Å²) in [6.07, 6.45) is 1.44. The van der Waals surface area contributed by atoms with Gasteiger partial charge in [-0.2, -0.15) is 0 Å². The van der Waals surface area contributed by atoms with Crippen molar-refractivity contribution in [1.29, 1.82) is 0 Å². The van der Waals surface area contributed by atoms with Crippen molar-refractivity contribution in [3.05, 3.63) is 0 Å². The standard InChI is InChI=1S/C13H26N2/c1-9(2)11-5-12-7-15(10(3)4)8-13(12)14-6-11/h9-14H,5-8H2,1-4H3. The molecule has 0 bridgehead atoms. The number of likely N-dealkylation sites (tertiary alicyclic amines) is 1. The molecule has 0 aliphatic carbocycles. The average Bonchev–Trinajstić information content (AvgIpc) is 2.59. The number of nitrogens with one attached hydrogen (secondary N) is 1. The molecule has 0 amide bonds. The minimum atomic E-state index is 0.717. The minimum absolute atomic E-state index is 0.717. The first-order valence-electron chi connectivity index (χ1n) is 6.55. The zero-order valence-electron chi connectivity index (χ0n) is 10.7. The third kappa shape index (κ3) is 2.36. The molecule has 0 saturated carbocycles. The van der Waals surface area contributed by atoms with Crippen LogP contribution in [0.25, 0.3) is 0 Å². The first-order valence-corrected chi connectivity index (χ1v) is 6.55. The SMILES string of the molecule is CC(C)C1CNC2CN(C(C)C)CC2C1. The van der Waals surface area contributed by atoms with Gasteiger partial charge < -0.3 is 5.32 Å². The summed E-state index contributed by atoms with van der Waals surface area (Å²) in [4.78, 5) is 2.63. The summed E-state index contributed by atoms with van der Waals surface area (Å²) < 4.78 is 0. The fourth-order valence-corrected chi connectivity index (χ4v) is 3.08. The summed E-state index contributed by atoms with van der Waals surface area (Å²) in [5.74, 6) is 2.65. The summed E-state index contributed by atoms with van der Waals surface area (Å²) in [5, 5.41) is 3.76. The Kier molecular flexibility index (Phi) is 3.36. The Labute approximate surface area is 94.4 Å². The molecule has 2 fully saturated rings. The Morgan fingerprint density at radius 2 is 1.87 bits per heavy atom. The van der Waals surface area contributed by atoms with Crippen LogP contribution in [0, 0.1) is 17.8 Å². The highest BCUT2D eigenvalue weighted by molar-refractivity contribution is 4.95. The van der Waals surface area contributed by atoms with E-state index in [2.05, 4.69) is 37.9 Å². The molecule has 3 atom stereocenters. The third-order valence-electron chi connectivity index (χ3n) is 4.39. The second kappa shape index (κ2) is 4.42. The van der Waals surface area contributed by atoms with E-state index in [1.54, 1.807) is 0 Å². The van der Waals surface area contributed by atoms with Crippen LogP contribution in [0.3, 0.4) is 0 Å². The summed E-state index contributed by atoms with van der Waals surface area (Å²) >= 11 is 0. The number of piperidine rings is 1. The van der Waals surface area contributed by atoms with Crippen LogP contribution in [-0.4, -0.2) is 36.6 Å². The van der Waals surface area contributed by atoms with Gasteiger partial charge in [0.2, 0.25) is 0 Å². The number of rotatable bonds is 2. The van der Waals surface area contributed by atoms with Gasteiger partial charge >= 0.3 is 0 Å². The molecule has 3 unspecified atom stereocenters. The molecule has 0 aromatic carbocycles. The van der Waals surface area contributed by atoms with E-state index in [9.17, 15) is 0 Å². The number of hydrogen-bond acceptors (Lipinski definition) is 2. The molecule has 0 radical (unpaired) electrons. The van der Waals surface area contributed by atoms with Gasteiger partial charge in [-0.05, 0) is 44.6 Å². The van der Waals surface area contributed by atoms with Crippen molar-refractivity contribution in [3.63, 3.8) is 0 Å². The highest BCUT2D eigenvalue weighted by atomic mass is 15.2. The van der Waals surface area contributed by atoms with Crippen molar-refractivity contribution < 1.29 is 0 Å². The van der Waals surface area contributed by atoms with Crippen LogP contribution in [0.1, 0.15) is 34.1 Å². The summed E-state index contributed by atoms with van der Waals surface area (Å²) in [6.45, 7) is 13.2. The van der Waals surface area contributed by atoms with Gasteiger partial charge in [-0.15, -0.1) is 0 Å². The molecular weight excluding hydrogens is 184 g/mol. The monoisotopic (exact) mass is 210 g/mol. The lowest BCUT2D eigenvalue weighted by atomic mass is 9.81. The van der Waals surface area contributed by atoms with Gasteiger partial charge in [-0.3, -0.25) is 4.90 Å². The zero-order valence-corrected chi connectivity index (χ0v) is 10.7. The van der Waals surface area contributed by atoms with Gasteiger partial charge in [-0.1, -0.05) is 13.8 Å². The van der Waals surface area contributed by atoms with E-state index < -0.39 is 0 Å². The van der Waals surface area contributed by atoms with Crippen molar-refractivity contribution in [1.82, 2.24) is 10.2 Å². The van der Waals surface area contributed by atoms with Gasteiger partial charge in [-0.25, -0.2) is 0 Å². The Morgan fingerprint density at radius 3 is 2.47 bits per heavy atom. The summed E-state index contributed by atoms with van der Waals surface area (Å²) in [5.41, 5.74) is 0. The highest BCUT2D eigenvalue weighted by Gasteiger charge is 2.38. The van der Waals surface area contributed by atoms with E-state index in [0.29, 0.717) is 0 Å². The van der Waals surface area contributed by atoms with Gasteiger partial charge in [0.25, 0.3) is 0 Å². The minimum Gasteiger partial charge on any atom is -0.312 e. The smallest absolute Gasteiger partial charge is 0.0235 e. The largest absolute Gasteiger partial charge is 0.312 e. The topological polar surface area (TPSA) is 15.3 Å². The van der Waals surface area contributed by atoms with Crippen molar-refractivity contribution in [3.8, 4) is 0 Å². The van der Waals surface area contributed by atoms with Crippen LogP contribution in [0.2, 0.25) is 0 Å². The fraction of sp³-hybridized carbons (Fsp3) is 1.00. The molecule has 88 valence electrons. The van der Waals surface area contributed by atoms with Crippen LogP contribution in [0.15, 0.2) is 0 Å². The van der Waals surface area contributed by atoms with Crippen LogP contribution in [0.4, 0.5) is 0 Å². The van der Waals surface area contributed by atoms with Gasteiger partial charge in [0.05, 0.1) is 0 Å². The first kappa shape index (κ1) is 11.4. The quantitative estimate of drug-likeness (QED) is 0.749. The Bertz CT molecular complexity index is 207. The molecule has 2 heterocycles. The van der Waals surface area contributed by atoms with E-state index in [4.69, 9.17) is 0 Å². The first-order chi connectivity index (χ1) is 7.08. The summed E-state index contributed by atoms with van der Waals surface area (Å²) in [6, 6.07) is 1.50. The molecule has 2 aliphatic heterocycles. The Hall–Kier alpha value is -0.0800. The Balaban J connectivity index is 1.92. The second-order valence-electron chi connectivity index (χ2n) is 6.06. The fourth-order valence-electron chi connectivity index (χ4n) is 3.08. The number of nitrogens with zero attached hydrogens (tertiary/aromatic N) is 1. The van der Waals surface area contributed by atoms with Crippen molar-refractivity contribution in [2.24, 2.45) is 17.8 Å². The van der Waals surface area contributed by atoms with Crippen LogP contribution >= 0.6 is 0 Å². The number of fused-ring (bicyclic) bond motifs is 1. The lowest BCUT2D eigenvalue weighted by Crippen LogP contribution is -2.46. The Morgan fingerprint density at radius 1 is 1.13 bits per heavy atom. The predicted molar refractivity (Wildman–Crippen MR) is 64.9 cm³/mol. The van der Waals surface area contributed by atoms with Crippen LogP contribution in [0.5, 0.6) is 0 Å². The van der Waals surface area contributed by atoms with Gasteiger partial charge in [0, 0.05) is 25.2 Å². The molecule has 15 heavy (non-hydrogen) atoms. The molecule has 2 saturated heterocycles. The second-order valence-corrected chi connectivity index (χ2v) is 6.06. The molecule has 0 spiro atoms. The molecule has 1 N–H and O–H groups in total. The molecule has 2 rings (SSSR count). The van der Waals surface area contributed by atoms with Crippen molar-refractivity contribution >= 4 is 0 Å². The molecule has 0 aromatic heterocycles. The van der Waals surface area contributed by atoms with Gasteiger partial charge in [0.15, 0.2) is 0 Å². The zero-order chi connectivity index (χ0) is 11.0. The van der Waals surface area contributed by atoms with E-state index in [0.717, 1.165) is 29.8 Å². The van der Waals surface area contributed by atoms with Crippen molar-refractivity contribution in [2.75, 3.05) is 19.6 Å². The van der Waals surface area contributed by atoms with Crippen molar-refractivity contribution in [2.45, 2.75) is 46.2 Å². The lowest BCUT2D eigenvalue weighted by molar-refractivity contribution is 0.210. The maximum Gasteiger partial charge on any atom is 0.0235 e. The predicted octanol–water partition coefficient (Wildman–Crippen LogP) is 1.96. The maximum atomic E-state index is 3.76. The van der Waals surface area contributed by atoms with E-state index in [1.165, 1.54) is 26.1 Å². The normalized spacial score (nSPS) is 37.6. The summed E-state index contributed by atoms with van der Waals surface area (Å²) in [7, 11) is 0. The lowest BCUT2D eigenvalue weighted by Gasteiger charge is -2.34. The van der Waals surface area contributed by atoms with Gasteiger partial charge in [0.1, 0.15) is 0 Å². The molecular formula is C13H26N2. The average molecular weight is 210 g/mol. The maximum absolute atomic E-state index is 3.76. The molecule has 0 aromatic rings. The molecule has 2 heteroatoms. The highest BCUT2D eigenvalue weighted by Crippen LogP contribution is 2.31. The number of hydrogen-bond donors (Lipinski definition) is 1. The molecule has 2 aliphatic rings.